The summed E-state index contributed by atoms with van der Waals surface area (Å²) in [5, 5.41) is 3.96. The van der Waals surface area contributed by atoms with Gasteiger partial charge >= 0.3 is 0 Å². The fourth-order valence-corrected chi connectivity index (χ4v) is 2.95. The molecule has 0 aromatic heterocycles. The Morgan fingerprint density at radius 3 is 2.52 bits per heavy atom. The Kier molecular flexibility index (Phi) is 5.12. The molecule has 0 atom stereocenters. The van der Waals surface area contributed by atoms with Crippen LogP contribution in [0.1, 0.15) is 39.9 Å². The summed E-state index contributed by atoms with van der Waals surface area (Å²) in [7, 11) is 0. The lowest BCUT2D eigenvalue weighted by Gasteiger charge is -2.19. The van der Waals surface area contributed by atoms with E-state index in [1.54, 1.807) is 12.1 Å². The molecule has 1 N–H and O–H groups in total. The number of halogens is 1. The van der Waals surface area contributed by atoms with Crippen molar-refractivity contribution in [1.82, 2.24) is 5.43 Å². The molecule has 1 saturated heterocycles. The van der Waals surface area contributed by atoms with Crippen molar-refractivity contribution in [2.75, 3.05) is 18.0 Å². The normalized spacial score (nSPS) is 14.3. The number of aryl methyl sites for hydroxylation is 2. The smallest absolute Gasteiger partial charge is 0.271 e. The van der Waals surface area contributed by atoms with Crippen LogP contribution in [-0.2, 0) is 0 Å². The molecule has 1 aliphatic rings. The molecule has 25 heavy (non-hydrogen) atoms. The molecule has 5 heteroatoms. The van der Waals surface area contributed by atoms with Crippen LogP contribution >= 0.6 is 0 Å². The van der Waals surface area contributed by atoms with Gasteiger partial charge in [0.15, 0.2) is 0 Å². The van der Waals surface area contributed by atoms with E-state index < -0.39 is 0 Å². The molecule has 4 nitrogen and oxygen atoms in total. The number of hydrogen-bond donors (Lipinski definition) is 1. The van der Waals surface area contributed by atoms with Crippen LogP contribution in [0.2, 0.25) is 0 Å². The maximum absolute atomic E-state index is 14.4. The SMILES string of the molecule is Cc1ccc(C(=O)NN=Cc2cc(F)c(N3CCCC3)cc2C)cc1. The fraction of sp³-hybridized carbons (Fsp3) is 0.300. The van der Waals surface area contributed by atoms with Crippen molar-refractivity contribution in [2.24, 2.45) is 5.10 Å². The molecule has 1 aliphatic heterocycles. The lowest BCUT2D eigenvalue weighted by Crippen LogP contribution is -2.19. The first-order valence-corrected chi connectivity index (χ1v) is 8.50. The molecule has 0 spiro atoms. The van der Waals surface area contributed by atoms with Crippen molar-refractivity contribution in [3.8, 4) is 0 Å². The average molecular weight is 339 g/mol. The molecule has 0 radical (unpaired) electrons. The van der Waals surface area contributed by atoms with Gasteiger partial charge in [-0.2, -0.15) is 5.10 Å². The summed E-state index contributed by atoms with van der Waals surface area (Å²) in [6.45, 7) is 5.68. The topological polar surface area (TPSA) is 44.7 Å². The molecule has 2 aromatic rings. The Labute approximate surface area is 147 Å². The largest absolute Gasteiger partial charge is 0.369 e. The Hall–Kier alpha value is -2.69. The Balaban J connectivity index is 1.69. The number of hydrogen-bond acceptors (Lipinski definition) is 3. The number of carbonyl (C=O) groups is 1. The van der Waals surface area contributed by atoms with E-state index in [1.165, 1.54) is 12.3 Å². The number of nitrogens with one attached hydrogen (secondary N) is 1. The first kappa shape index (κ1) is 17.1. The van der Waals surface area contributed by atoms with Crippen LogP contribution in [0.15, 0.2) is 41.5 Å². The Morgan fingerprint density at radius 1 is 1.16 bits per heavy atom. The second-order valence-corrected chi connectivity index (χ2v) is 6.42. The Bertz CT molecular complexity index is 793. The van der Waals surface area contributed by atoms with Gasteiger partial charge in [-0.15, -0.1) is 0 Å². The van der Waals surface area contributed by atoms with E-state index >= 15 is 0 Å². The van der Waals surface area contributed by atoms with E-state index in [4.69, 9.17) is 0 Å². The summed E-state index contributed by atoms with van der Waals surface area (Å²) >= 11 is 0. The van der Waals surface area contributed by atoms with Crippen LogP contribution in [0.3, 0.4) is 0 Å². The highest BCUT2D eigenvalue weighted by Crippen LogP contribution is 2.26. The molecule has 1 fully saturated rings. The highest BCUT2D eigenvalue weighted by Gasteiger charge is 2.17. The highest BCUT2D eigenvalue weighted by molar-refractivity contribution is 5.95. The van der Waals surface area contributed by atoms with E-state index in [1.807, 2.05) is 32.0 Å². The van der Waals surface area contributed by atoms with E-state index in [-0.39, 0.29) is 11.7 Å². The minimum Gasteiger partial charge on any atom is -0.369 e. The van der Waals surface area contributed by atoms with Gasteiger partial charge in [0.25, 0.3) is 5.91 Å². The van der Waals surface area contributed by atoms with Gasteiger partial charge in [0, 0.05) is 24.2 Å². The van der Waals surface area contributed by atoms with Gasteiger partial charge in [0.2, 0.25) is 0 Å². The lowest BCUT2D eigenvalue weighted by molar-refractivity contribution is 0.0955. The molecular formula is C20H22FN3O. The minimum absolute atomic E-state index is 0.251. The molecule has 0 saturated carbocycles. The van der Waals surface area contributed by atoms with Gasteiger partial charge in [-0.1, -0.05) is 17.7 Å². The van der Waals surface area contributed by atoms with Crippen molar-refractivity contribution in [3.05, 3.63) is 64.5 Å². The predicted octanol–water partition coefficient (Wildman–Crippen LogP) is 3.81. The molecule has 130 valence electrons. The zero-order valence-corrected chi connectivity index (χ0v) is 14.6. The van der Waals surface area contributed by atoms with Crippen molar-refractivity contribution in [1.29, 1.82) is 0 Å². The molecule has 0 bridgehead atoms. The van der Waals surface area contributed by atoms with E-state index in [2.05, 4.69) is 15.4 Å². The second kappa shape index (κ2) is 7.47. The Morgan fingerprint density at radius 2 is 1.84 bits per heavy atom. The molecule has 3 rings (SSSR count). The van der Waals surface area contributed by atoms with Crippen LogP contribution in [0.4, 0.5) is 10.1 Å². The van der Waals surface area contributed by atoms with Gasteiger partial charge in [-0.3, -0.25) is 4.79 Å². The summed E-state index contributed by atoms with van der Waals surface area (Å²) < 4.78 is 14.4. The zero-order chi connectivity index (χ0) is 17.8. The summed E-state index contributed by atoms with van der Waals surface area (Å²) in [6, 6.07) is 10.6. The molecule has 0 unspecified atom stereocenters. The summed E-state index contributed by atoms with van der Waals surface area (Å²) in [5.74, 6) is -0.540. The van der Waals surface area contributed by atoms with Crippen LogP contribution in [-0.4, -0.2) is 25.2 Å². The molecular weight excluding hydrogens is 317 g/mol. The van der Waals surface area contributed by atoms with E-state index in [0.717, 1.165) is 37.1 Å². The monoisotopic (exact) mass is 339 g/mol. The van der Waals surface area contributed by atoms with Crippen molar-refractivity contribution in [3.63, 3.8) is 0 Å². The standard InChI is InChI=1S/C20H22FN3O/c1-14-5-7-16(8-6-14)20(25)23-22-13-17-12-18(21)19(11-15(17)2)24-9-3-4-10-24/h5-8,11-13H,3-4,9-10H2,1-2H3,(H,23,25). The van der Waals surface area contributed by atoms with Crippen molar-refractivity contribution >= 4 is 17.8 Å². The first-order chi connectivity index (χ1) is 12.0. The summed E-state index contributed by atoms with van der Waals surface area (Å²) in [5.41, 5.74) is 6.34. The maximum atomic E-state index is 14.4. The van der Waals surface area contributed by atoms with E-state index in [9.17, 15) is 9.18 Å². The molecule has 1 heterocycles. The zero-order valence-electron chi connectivity index (χ0n) is 14.6. The number of carbonyl (C=O) groups excluding carboxylic acids is 1. The number of amides is 1. The van der Waals surface area contributed by atoms with Crippen molar-refractivity contribution < 1.29 is 9.18 Å². The third-order valence-corrected chi connectivity index (χ3v) is 4.47. The third-order valence-electron chi connectivity index (χ3n) is 4.47. The number of benzene rings is 2. The second-order valence-electron chi connectivity index (χ2n) is 6.42. The third kappa shape index (κ3) is 4.05. The van der Waals surface area contributed by atoms with Crippen LogP contribution < -0.4 is 10.3 Å². The lowest BCUT2D eigenvalue weighted by atomic mass is 10.1. The maximum Gasteiger partial charge on any atom is 0.271 e. The highest BCUT2D eigenvalue weighted by atomic mass is 19.1. The summed E-state index contributed by atoms with van der Waals surface area (Å²) in [4.78, 5) is 14.1. The quantitative estimate of drug-likeness (QED) is 0.680. The summed E-state index contributed by atoms with van der Waals surface area (Å²) in [6.07, 6.45) is 3.69. The van der Waals surface area contributed by atoms with Gasteiger partial charge in [0.05, 0.1) is 11.9 Å². The average Bonchev–Trinajstić information content (AvgIpc) is 3.12. The number of anilines is 1. The molecule has 1 amide bonds. The van der Waals surface area contributed by atoms with Crippen LogP contribution in [0.25, 0.3) is 0 Å². The number of rotatable bonds is 4. The molecule has 2 aromatic carbocycles. The molecule has 0 aliphatic carbocycles. The van der Waals surface area contributed by atoms with Crippen LogP contribution in [0.5, 0.6) is 0 Å². The fourth-order valence-electron chi connectivity index (χ4n) is 2.95. The van der Waals surface area contributed by atoms with E-state index in [0.29, 0.717) is 16.8 Å². The van der Waals surface area contributed by atoms with Crippen LogP contribution in [0, 0.1) is 19.7 Å². The van der Waals surface area contributed by atoms with Gasteiger partial charge in [-0.25, -0.2) is 9.82 Å². The first-order valence-electron chi connectivity index (χ1n) is 8.50. The van der Waals surface area contributed by atoms with Gasteiger partial charge < -0.3 is 4.90 Å². The number of nitrogens with zero attached hydrogens (tertiary/aromatic N) is 2. The van der Waals surface area contributed by atoms with Crippen molar-refractivity contribution in [2.45, 2.75) is 26.7 Å². The van der Waals surface area contributed by atoms with Gasteiger partial charge in [0.1, 0.15) is 5.82 Å². The number of hydrazone groups is 1. The van der Waals surface area contributed by atoms with Gasteiger partial charge in [-0.05, 0) is 56.5 Å². The predicted molar refractivity (Wildman–Crippen MR) is 98.8 cm³/mol. The minimum atomic E-state index is -0.289.